The normalized spacial score (nSPS) is 9.56. The fourth-order valence-electron chi connectivity index (χ4n) is 1.47. The van der Waals surface area contributed by atoms with E-state index in [1.165, 1.54) is 24.3 Å². The van der Waals surface area contributed by atoms with Gasteiger partial charge in [-0.15, -0.1) is 0 Å². The first-order valence-corrected chi connectivity index (χ1v) is 5.16. The minimum atomic E-state index is -0.623. The minimum Gasteiger partial charge on any atom is -0.453 e. The van der Waals surface area contributed by atoms with E-state index in [1.54, 1.807) is 18.2 Å². The van der Waals surface area contributed by atoms with E-state index in [2.05, 4.69) is 0 Å². The van der Waals surface area contributed by atoms with Crippen LogP contribution < -0.4 is 4.74 Å². The molecule has 4 heteroatoms. The number of nitrogens with zero attached hydrogens (tertiary/aromatic N) is 1. The van der Waals surface area contributed by atoms with Crippen molar-refractivity contribution in [1.82, 2.24) is 0 Å². The molecular formula is C14H8FNO2. The standard InChI is InChI=1S/C14H8FNO2/c15-13-6-2-4-11(9-17)14(13)18-12-5-1-3-10(7-12)8-16/h1-7,9H. The topological polar surface area (TPSA) is 50.1 Å². The van der Waals surface area contributed by atoms with Crippen LogP contribution in [0.2, 0.25) is 0 Å². The molecule has 0 radical (unpaired) electrons. The largest absolute Gasteiger partial charge is 0.453 e. The van der Waals surface area contributed by atoms with Gasteiger partial charge >= 0.3 is 0 Å². The maximum Gasteiger partial charge on any atom is 0.173 e. The van der Waals surface area contributed by atoms with E-state index >= 15 is 0 Å². The number of carbonyl (C=O) groups excluding carboxylic acids is 1. The number of para-hydroxylation sites is 1. The maximum absolute atomic E-state index is 13.6. The molecule has 0 atom stereocenters. The summed E-state index contributed by atoms with van der Waals surface area (Å²) >= 11 is 0. The van der Waals surface area contributed by atoms with Gasteiger partial charge in [0, 0.05) is 0 Å². The van der Waals surface area contributed by atoms with E-state index in [0.717, 1.165) is 0 Å². The summed E-state index contributed by atoms with van der Waals surface area (Å²) in [6, 6.07) is 12.3. The second-order valence-electron chi connectivity index (χ2n) is 3.52. The molecule has 0 N–H and O–H groups in total. The molecule has 3 nitrogen and oxygen atoms in total. The minimum absolute atomic E-state index is 0.123. The number of benzene rings is 2. The first-order valence-electron chi connectivity index (χ1n) is 5.16. The van der Waals surface area contributed by atoms with Crippen LogP contribution in [0.15, 0.2) is 42.5 Å². The average Bonchev–Trinajstić information content (AvgIpc) is 2.41. The summed E-state index contributed by atoms with van der Waals surface area (Å²) in [6.45, 7) is 0. The first kappa shape index (κ1) is 11.8. The van der Waals surface area contributed by atoms with Crippen molar-refractivity contribution in [2.45, 2.75) is 0 Å². The van der Waals surface area contributed by atoms with E-state index in [4.69, 9.17) is 10.00 Å². The van der Waals surface area contributed by atoms with Crippen LogP contribution in [-0.2, 0) is 0 Å². The fraction of sp³-hybridized carbons (Fsp3) is 0. The van der Waals surface area contributed by atoms with Crippen molar-refractivity contribution in [1.29, 1.82) is 5.26 Å². The van der Waals surface area contributed by atoms with Crippen LogP contribution in [0.3, 0.4) is 0 Å². The van der Waals surface area contributed by atoms with Gasteiger partial charge < -0.3 is 4.74 Å². The molecule has 0 amide bonds. The van der Waals surface area contributed by atoms with Crippen LogP contribution in [-0.4, -0.2) is 6.29 Å². The Hall–Kier alpha value is -2.67. The second kappa shape index (κ2) is 5.11. The third-order valence-electron chi connectivity index (χ3n) is 2.31. The summed E-state index contributed by atoms with van der Waals surface area (Å²) in [5.74, 6) is -0.452. The predicted octanol–water partition coefficient (Wildman–Crippen LogP) is 3.30. The molecule has 0 aromatic heterocycles. The molecule has 0 fully saturated rings. The highest BCUT2D eigenvalue weighted by Gasteiger charge is 2.10. The zero-order valence-electron chi connectivity index (χ0n) is 9.26. The Labute approximate surface area is 103 Å². The van der Waals surface area contributed by atoms with Crippen LogP contribution in [0, 0.1) is 17.1 Å². The number of carbonyl (C=O) groups is 1. The monoisotopic (exact) mass is 241 g/mol. The van der Waals surface area contributed by atoms with Crippen molar-refractivity contribution in [3.8, 4) is 17.6 Å². The van der Waals surface area contributed by atoms with Crippen LogP contribution in [0.5, 0.6) is 11.5 Å². The summed E-state index contributed by atoms with van der Waals surface area (Å²) in [5.41, 5.74) is 0.522. The molecule has 0 saturated carbocycles. The summed E-state index contributed by atoms with van der Waals surface area (Å²) in [5, 5.41) is 8.75. The molecule has 0 heterocycles. The van der Waals surface area contributed by atoms with Gasteiger partial charge in [-0.3, -0.25) is 4.79 Å². The van der Waals surface area contributed by atoms with Gasteiger partial charge in [0.1, 0.15) is 5.75 Å². The van der Waals surface area contributed by atoms with Crippen LogP contribution in [0.1, 0.15) is 15.9 Å². The van der Waals surface area contributed by atoms with Crippen LogP contribution in [0.25, 0.3) is 0 Å². The number of ether oxygens (including phenoxy) is 1. The quantitative estimate of drug-likeness (QED) is 0.774. The Bertz CT molecular complexity index is 632. The molecule has 0 aliphatic carbocycles. The number of halogens is 1. The molecule has 0 aliphatic rings. The molecular weight excluding hydrogens is 233 g/mol. The maximum atomic E-state index is 13.6. The van der Waals surface area contributed by atoms with E-state index < -0.39 is 5.82 Å². The number of aldehydes is 1. The van der Waals surface area contributed by atoms with Gasteiger partial charge in [-0.2, -0.15) is 5.26 Å². The SMILES string of the molecule is N#Cc1cccc(Oc2c(F)cccc2C=O)c1. The fourth-order valence-corrected chi connectivity index (χ4v) is 1.47. The molecule has 2 aromatic rings. The summed E-state index contributed by atoms with van der Waals surface area (Å²) in [6.07, 6.45) is 0.520. The van der Waals surface area contributed by atoms with Crippen LogP contribution in [0.4, 0.5) is 4.39 Å². The number of nitriles is 1. The van der Waals surface area contributed by atoms with Crippen molar-refractivity contribution in [2.75, 3.05) is 0 Å². The van der Waals surface area contributed by atoms with E-state index in [0.29, 0.717) is 17.6 Å². The second-order valence-corrected chi connectivity index (χ2v) is 3.52. The summed E-state index contributed by atoms with van der Waals surface area (Å²) in [4.78, 5) is 10.8. The lowest BCUT2D eigenvalue weighted by molar-refractivity contribution is 0.112. The molecule has 0 bridgehead atoms. The Morgan fingerprint density at radius 3 is 2.72 bits per heavy atom. The highest BCUT2D eigenvalue weighted by atomic mass is 19.1. The zero-order valence-corrected chi connectivity index (χ0v) is 9.26. The van der Waals surface area contributed by atoms with Crippen molar-refractivity contribution in [3.63, 3.8) is 0 Å². The van der Waals surface area contributed by atoms with Gasteiger partial charge in [-0.1, -0.05) is 12.1 Å². The lowest BCUT2D eigenvalue weighted by Gasteiger charge is -2.08. The van der Waals surface area contributed by atoms with Crippen molar-refractivity contribution in [2.24, 2.45) is 0 Å². The Kier molecular flexibility index (Phi) is 3.35. The van der Waals surface area contributed by atoms with Gasteiger partial charge in [0.15, 0.2) is 17.9 Å². The summed E-state index contributed by atoms with van der Waals surface area (Å²) < 4.78 is 18.9. The Morgan fingerprint density at radius 1 is 1.22 bits per heavy atom. The number of hydrogen-bond donors (Lipinski definition) is 0. The molecule has 0 saturated heterocycles. The number of rotatable bonds is 3. The summed E-state index contributed by atoms with van der Waals surface area (Å²) in [7, 11) is 0. The average molecular weight is 241 g/mol. The first-order chi connectivity index (χ1) is 8.74. The predicted molar refractivity (Wildman–Crippen MR) is 63.0 cm³/mol. The Morgan fingerprint density at radius 2 is 2.00 bits per heavy atom. The lowest BCUT2D eigenvalue weighted by Crippen LogP contribution is -1.94. The molecule has 88 valence electrons. The van der Waals surface area contributed by atoms with Crippen molar-refractivity contribution >= 4 is 6.29 Å². The Balaban J connectivity index is 2.40. The van der Waals surface area contributed by atoms with E-state index in [1.807, 2.05) is 6.07 Å². The van der Waals surface area contributed by atoms with Gasteiger partial charge in [-0.25, -0.2) is 4.39 Å². The van der Waals surface area contributed by atoms with Gasteiger partial charge in [0.25, 0.3) is 0 Å². The number of hydrogen-bond acceptors (Lipinski definition) is 3. The smallest absolute Gasteiger partial charge is 0.173 e. The van der Waals surface area contributed by atoms with E-state index in [-0.39, 0.29) is 11.3 Å². The molecule has 18 heavy (non-hydrogen) atoms. The van der Waals surface area contributed by atoms with Crippen molar-refractivity contribution in [3.05, 3.63) is 59.4 Å². The molecule has 0 spiro atoms. The highest BCUT2D eigenvalue weighted by molar-refractivity contribution is 5.79. The molecule has 0 unspecified atom stereocenters. The third-order valence-corrected chi connectivity index (χ3v) is 2.31. The van der Waals surface area contributed by atoms with Gasteiger partial charge in [0.05, 0.1) is 17.2 Å². The molecule has 2 rings (SSSR count). The van der Waals surface area contributed by atoms with E-state index in [9.17, 15) is 9.18 Å². The third kappa shape index (κ3) is 2.36. The highest BCUT2D eigenvalue weighted by Crippen LogP contribution is 2.27. The van der Waals surface area contributed by atoms with Crippen LogP contribution >= 0.6 is 0 Å². The zero-order chi connectivity index (χ0) is 13.0. The van der Waals surface area contributed by atoms with Gasteiger partial charge in [0.2, 0.25) is 0 Å². The molecule has 2 aromatic carbocycles. The van der Waals surface area contributed by atoms with Crippen molar-refractivity contribution < 1.29 is 13.9 Å². The molecule has 0 aliphatic heterocycles. The van der Waals surface area contributed by atoms with Gasteiger partial charge in [-0.05, 0) is 30.3 Å². The lowest BCUT2D eigenvalue weighted by atomic mass is 10.2.